The fourth-order valence-electron chi connectivity index (χ4n) is 6.80. The van der Waals surface area contributed by atoms with Gasteiger partial charge in [-0.2, -0.15) is 0 Å². The van der Waals surface area contributed by atoms with Crippen LogP contribution in [-0.4, -0.2) is 80.6 Å². The SMILES string of the molecule is CC(N[C@@H](COCc1ccc(CNS(=O)(=O)c2ccc(Cl)c(S(=O)(=O)NCc3ccccc3)c2)cc1)C(=O)O)C(=O)N1[C@@H]2CCCC[C@@H]2C[C@H]1C(=O)O. The van der Waals surface area contributed by atoms with Crippen LogP contribution in [0.5, 0.6) is 0 Å². The number of nitrogens with zero attached hydrogens (tertiary/aromatic N) is 1. The fraction of sp³-hybridized carbons (Fsp3) is 0.417. The molecule has 1 aliphatic heterocycles. The van der Waals surface area contributed by atoms with Gasteiger partial charge in [-0.25, -0.2) is 31.1 Å². The molecule has 1 saturated carbocycles. The number of halogens is 1. The predicted molar refractivity (Wildman–Crippen MR) is 195 cm³/mol. The second-order valence-electron chi connectivity index (χ2n) is 13.3. The maximum absolute atomic E-state index is 13.4. The Hall–Kier alpha value is -3.90. The van der Waals surface area contributed by atoms with Crippen LogP contribution in [0.1, 0.15) is 55.7 Å². The van der Waals surface area contributed by atoms with E-state index in [-0.39, 0.29) is 53.1 Å². The third kappa shape index (κ3) is 10.2. The third-order valence-electron chi connectivity index (χ3n) is 9.60. The summed E-state index contributed by atoms with van der Waals surface area (Å²) in [6.07, 6.45) is 3.91. The molecule has 3 aromatic carbocycles. The van der Waals surface area contributed by atoms with Gasteiger partial charge in [-0.1, -0.05) is 79.0 Å². The first-order valence-electron chi connectivity index (χ1n) is 17.2. The number of carboxylic acids is 2. The number of carbonyl (C=O) groups is 3. The third-order valence-corrected chi connectivity index (χ3v) is 12.9. The van der Waals surface area contributed by atoms with E-state index >= 15 is 0 Å². The van der Waals surface area contributed by atoms with Crippen LogP contribution >= 0.6 is 11.6 Å². The molecule has 0 radical (unpaired) electrons. The smallest absolute Gasteiger partial charge is 0.326 e. The maximum Gasteiger partial charge on any atom is 0.326 e. The summed E-state index contributed by atoms with van der Waals surface area (Å²) in [5.74, 6) is -2.60. The van der Waals surface area contributed by atoms with Gasteiger partial charge in [0.2, 0.25) is 26.0 Å². The Morgan fingerprint density at radius 3 is 2.15 bits per heavy atom. The largest absolute Gasteiger partial charge is 0.480 e. The van der Waals surface area contributed by atoms with E-state index in [9.17, 15) is 41.4 Å². The maximum atomic E-state index is 13.4. The number of hydrogen-bond acceptors (Lipinski definition) is 9. The van der Waals surface area contributed by atoms with E-state index in [4.69, 9.17) is 16.3 Å². The molecule has 14 nitrogen and oxygen atoms in total. The van der Waals surface area contributed by atoms with E-state index in [2.05, 4.69) is 14.8 Å². The highest BCUT2D eigenvalue weighted by Gasteiger charge is 2.48. The van der Waals surface area contributed by atoms with Crippen molar-refractivity contribution in [2.24, 2.45) is 5.92 Å². The Morgan fingerprint density at radius 2 is 1.49 bits per heavy atom. The highest BCUT2D eigenvalue weighted by atomic mass is 35.5. The molecule has 5 N–H and O–H groups in total. The molecule has 2 aliphatic rings. The normalized spacial score (nSPS) is 20.0. The fourth-order valence-corrected chi connectivity index (χ4v) is 9.46. The summed E-state index contributed by atoms with van der Waals surface area (Å²) < 4.78 is 62.7. The van der Waals surface area contributed by atoms with Gasteiger partial charge in [-0.05, 0) is 67.0 Å². The number of benzene rings is 3. The van der Waals surface area contributed by atoms with Gasteiger partial charge in [-0.3, -0.25) is 14.9 Å². The van der Waals surface area contributed by atoms with Gasteiger partial charge in [0, 0.05) is 19.1 Å². The second kappa shape index (κ2) is 17.5. The number of carbonyl (C=O) groups excluding carboxylic acids is 1. The number of aliphatic carboxylic acids is 2. The average molecular weight is 791 g/mol. The van der Waals surface area contributed by atoms with Gasteiger partial charge >= 0.3 is 11.9 Å². The molecule has 0 aromatic heterocycles. The summed E-state index contributed by atoms with van der Waals surface area (Å²) >= 11 is 6.15. The summed E-state index contributed by atoms with van der Waals surface area (Å²) in [6.45, 7) is 1.15. The van der Waals surface area contributed by atoms with Crippen molar-refractivity contribution < 1.29 is 46.2 Å². The number of sulfonamides is 2. The van der Waals surface area contributed by atoms with Crippen molar-refractivity contribution in [2.45, 2.75) is 92.7 Å². The van der Waals surface area contributed by atoms with Gasteiger partial charge < -0.3 is 19.8 Å². The molecule has 5 atom stereocenters. The number of rotatable bonds is 17. The van der Waals surface area contributed by atoms with E-state index in [1.807, 2.05) is 0 Å². The quantitative estimate of drug-likeness (QED) is 0.134. The number of hydrogen-bond donors (Lipinski definition) is 5. The Balaban J connectivity index is 1.12. The van der Waals surface area contributed by atoms with Crippen molar-refractivity contribution in [3.63, 3.8) is 0 Å². The van der Waals surface area contributed by atoms with E-state index in [0.29, 0.717) is 23.1 Å². The van der Waals surface area contributed by atoms with Crippen LogP contribution in [0.2, 0.25) is 5.02 Å². The van der Waals surface area contributed by atoms with Crippen LogP contribution in [0.15, 0.2) is 82.6 Å². The first-order valence-corrected chi connectivity index (χ1v) is 20.5. The van der Waals surface area contributed by atoms with E-state index in [1.54, 1.807) is 54.6 Å². The number of carboxylic acid groups (broad SMARTS) is 2. The molecule has 1 aliphatic carbocycles. The molecular weight excluding hydrogens is 748 g/mol. The lowest BCUT2D eigenvalue weighted by atomic mass is 9.84. The average Bonchev–Trinajstić information content (AvgIpc) is 3.53. The highest BCUT2D eigenvalue weighted by molar-refractivity contribution is 7.90. The van der Waals surface area contributed by atoms with Gasteiger partial charge in [0.25, 0.3) is 0 Å². The molecule has 1 heterocycles. The van der Waals surface area contributed by atoms with Crippen molar-refractivity contribution in [3.05, 3.63) is 94.5 Å². The zero-order valence-electron chi connectivity index (χ0n) is 29.0. The summed E-state index contributed by atoms with van der Waals surface area (Å²) in [7, 11) is -8.29. The molecule has 286 valence electrons. The van der Waals surface area contributed by atoms with E-state index in [0.717, 1.165) is 31.7 Å². The monoisotopic (exact) mass is 790 g/mol. The van der Waals surface area contributed by atoms with Crippen LogP contribution in [-0.2, 0) is 58.9 Å². The summed E-state index contributed by atoms with van der Waals surface area (Å²) in [5.41, 5.74) is 1.97. The molecule has 5 rings (SSSR count). The van der Waals surface area contributed by atoms with Crippen molar-refractivity contribution in [1.82, 2.24) is 19.7 Å². The molecule has 3 aromatic rings. The Kier molecular flexibility index (Phi) is 13.3. The molecule has 0 bridgehead atoms. The van der Waals surface area contributed by atoms with Gasteiger partial charge in [0.05, 0.1) is 29.2 Å². The molecule has 53 heavy (non-hydrogen) atoms. The summed E-state index contributed by atoms with van der Waals surface area (Å²) in [6, 6.07) is 15.6. The van der Waals surface area contributed by atoms with Gasteiger partial charge in [0.1, 0.15) is 17.0 Å². The molecule has 17 heteroatoms. The minimum absolute atomic E-state index is 0.0109. The minimum Gasteiger partial charge on any atom is -0.480 e. The molecule has 1 saturated heterocycles. The molecule has 0 spiro atoms. The molecule has 1 amide bonds. The number of likely N-dealkylation sites (tertiary alicyclic amines) is 1. The minimum atomic E-state index is -4.15. The number of fused-ring (bicyclic) bond motifs is 1. The molecular formula is C36H43ClN4O10S2. The number of nitrogens with one attached hydrogen (secondary N) is 3. The van der Waals surface area contributed by atoms with Crippen LogP contribution in [0.25, 0.3) is 0 Å². The Labute approximate surface area is 314 Å². The van der Waals surface area contributed by atoms with Crippen LogP contribution in [0.4, 0.5) is 0 Å². The standard InChI is InChI=1S/C36H43ClN4O10S2/c1-23(34(42)41-31-10-6-5-9-27(31)17-32(41)36(45)46)40-30(35(43)44)22-51-21-26-13-11-25(12-14-26)20-38-52(47,48)28-15-16-29(37)33(18-28)53(49,50)39-19-24-7-3-2-4-8-24/h2-4,7-8,11-16,18,23,27,30-32,38-40H,5-6,9-10,17,19-22H2,1H3,(H,43,44)(H,45,46)/t23?,27-,30+,31-,32+/m1/s1. The lowest BCUT2D eigenvalue weighted by molar-refractivity contribution is -0.151. The van der Waals surface area contributed by atoms with Crippen molar-refractivity contribution >= 4 is 49.5 Å². The first-order chi connectivity index (χ1) is 25.2. The van der Waals surface area contributed by atoms with Gasteiger partial charge in [0.15, 0.2) is 0 Å². The predicted octanol–water partition coefficient (Wildman–Crippen LogP) is 3.49. The second-order valence-corrected chi connectivity index (χ2v) is 17.2. The first kappa shape index (κ1) is 40.3. The molecule has 2 fully saturated rings. The highest BCUT2D eigenvalue weighted by Crippen LogP contribution is 2.40. The lowest BCUT2D eigenvalue weighted by Gasteiger charge is -2.35. The van der Waals surface area contributed by atoms with Gasteiger partial charge in [-0.15, -0.1) is 0 Å². The topological polar surface area (TPSA) is 209 Å². The molecule has 1 unspecified atom stereocenters. The van der Waals surface area contributed by atoms with Crippen LogP contribution in [0.3, 0.4) is 0 Å². The van der Waals surface area contributed by atoms with Crippen molar-refractivity contribution in [3.8, 4) is 0 Å². The summed E-state index contributed by atoms with van der Waals surface area (Å²) in [4.78, 5) is 38.2. The lowest BCUT2D eigenvalue weighted by Crippen LogP contribution is -2.56. The van der Waals surface area contributed by atoms with Crippen molar-refractivity contribution in [1.29, 1.82) is 0 Å². The van der Waals surface area contributed by atoms with E-state index < -0.39 is 56.0 Å². The summed E-state index contributed by atoms with van der Waals surface area (Å²) in [5, 5.41) is 22.3. The Morgan fingerprint density at radius 1 is 0.868 bits per heavy atom. The Bertz CT molecular complexity index is 2000. The van der Waals surface area contributed by atoms with Crippen LogP contribution < -0.4 is 14.8 Å². The zero-order chi connectivity index (χ0) is 38.3. The van der Waals surface area contributed by atoms with Crippen LogP contribution in [0, 0.1) is 5.92 Å². The van der Waals surface area contributed by atoms with E-state index in [1.165, 1.54) is 24.0 Å². The zero-order valence-corrected chi connectivity index (χ0v) is 31.4. The van der Waals surface area contributed by atoms with Crippen molar-refractivity contribution in [2.75, 3.05) is 6.61 Å². The number of amides is 1. The number of ether oxygens (including phenoxy) is 1.